The number of ketones is 1. The van der Waals surface area contributed by atoms with Gasteiger partial charge in [0.15, 0.2) is 15.6 Å². The van der Waals surface area contributed by atoms with Crippen LogP contribution in [0.3, 0.4) is 0 Å². The molecule has 3 heterocycles. The van der Waals surface area contributed by atoms with Crippen molar-refractivity contribution < 1.29 is 32.3 Å². The third-order valence-corrected chi connectivity index (χ3v) is 14.2. The maximum Gasteiger partial charge on any atom is 0.224 e. The Hall–Kier alpha value is -3.84. The van der Waals surface area contributed by atoms with Crippen molar-refractivity contribution in [1.82, 2.24) is 20.6 Å². The van der Waals surface area contributed by atoms with E-state index in [4.69, 9.17) is 19.4 Å². The lowest BCUT2D eigenvalue weighted by atomic mass is 9.93. The number of ether oxygens (including phenoxy) is 2. The van der Waals surface area contributed by atoms with E-state index in [9.17, 15) is 22.8 Å². The topological polar surface area (TPSA) is 154 Å². The Morgan fingerprint density at radius 3 is 2.54 bits per heavy atom. The molecule has 11 nitrogen and oxygen atoms in total. The second-order valence-corrected chi connectivity index (χ2v) is 18.4. The first-order valence-corrected chi connectivity index (χ1v) is 21.1. The minimum atomic E-state index is -3.58. The molecule has 7 rings (SSSR count). The number of sulfone groups is 1. The molecular weight excluding hydrogens is 701 g/mol. The summed E-state index contributed by atoms with van der Waals surface area (Å²) in [4.78, 5) is 51.6. The number of pyridine rings is 1. The lowest BCUT2D eigenvalue weighted by Gasteiger charge is -2.23. The number of fused-ring (bicyclic) bond motifs is 3. The smallest absolute Gasteiger partial charge is 0.224 e. The molecule has 278 valence electrons. The summed E-state index contributed by atoms with van der Waals surface area (Å²) in [6, 6.07) is 5.67. The monoisotopic (exact) mass is 748 g/mol. The van der Waals surface area contributed by atoms with Crippen LogP contribution < -0.4 is 20.1 Å². The van der Waals surface area contributed by atoms with Crippen LogP contribution in [0.2, 0.25) is 0 Å². The van der Waals surface area contributed by atoms with Gasteiger partial charge in [-0.3, -0.25) is 14.4 Å². The largest absolute Gasteiger partial charge is 0.496 e. The summed E-state index contributed by atoms with van der Waals surface area (Å²) in [5.41, 5.74) is 1.92. The van der Waals surface area contributed by atoms with E-state index in [2.05, 4.69) is 24.5 Å². The highest BCUT2D eigenvalue weighted by Gasteiger charge is 2.61. The van der Waals surface area contributed by atoms with Crippen LogP contribution in [-0.2, 0) is 24.2 Å². The van der Waals surface area contributed by atoms with Gasteiger partial charge in [0.05, 0.1) is 35.4 Å². The lowest BCUT2D eigenvalue weighted by Crippen LogP contribution is -2.51. The molecule has 0 bridgehead atoms. The summed E-state index contributed by atoms with van der Waals surface area (Å²) >= 11 is 1.52. The zero-order chi connectivity index (χ0) is 36.8. The molecule has 3 aromatic rings. The van der Waals surface area contributed by atoms with Crippen LogP contribution in [0.25, 0.3) is 21.6 Å². The molecule has 52 heavy (non-hydrogen) atoms. The maximum absolute atomic E-state index is 14.3. The van der Waals surface area contributed by atoms with E-state index < -0.39 is 56.0 Å². The van der Waals surface area contributed by atoms with Crippen molar-refractivity contribution in [1.29, 1.82) is 0 Å². The molecule has 5 atom stereocenters. The molecule has 2 amide bonds. The van der Waals surface area contributed by atoms with Gasteiger partial charge in [-0.25, -0.2) is 18.4 Å². The quantitative estimate of drug-likeness (QED) is 0.257. The van der Waals surface area contributed by atoms with Gasteiger partial charge in [-0.15, -0.1) is 11.3 Å². The number of benzene rings is 1. The van der Waals surface area contributed by atoms with Crippen LogP contribution in [0.1, 0.15) is 88.8 Å². The van der Waals surface area contributed by atoms with Gasteiger partial charge in [0.1, 0.15) is 39.6 Å². The molecule has 0 spiro atoms. The first kappa shape index (κ1) is 36.5. The molecule has 1 aliphatic heterocycles. The zero-order valence-electron chi connectivity index (χ0n) is 30.3. The number of nitrogens with zero attached hydrogens (tertiary/aromatic N) is 2. The molecule has 1 aromatic carbocycles. The fraction of sp³-hybridized carbons (Fsp3) is 0.564. The number of nitrogens with one attached hydrogen (secondary N) is 2. The number of amides is 2. The molecule has 0 radical (unpaired) electrons. The number of carbonyl (C=O) groups is 3. The van der Waals surface area contributed by atoms with Crippen molar-refractivity contribution in [3.63, 3.8) is 0 Å². The Kier molecular flexibility index (Phi) is 10.2. The highest BCUT2D eigenvalue weighted by atomic mass is 32.2. The number of allylic oxidation sites excluding steroid dienone is 1. The van der Waals surface area contributed by atoms with Crippen molar-refractivity contribution in [2.75, 3.05) is 19.4 Å². The number of hydrogen-bond donors (Lipinski definition) is 2. The molecule has 2 aromatic heterocycles. The van der Waals surface area contributed by atoms with Crippen molar-refractivity contribution >= 4 is 49.7 Å². The normalized spacial score (nSPS) is 26.9. The number of methoxy groups -OCH3 is 1. The van der Waals surface area contributed by atoms with Gasteiger partial charge in [0.2, 0.25) is 11.8 Å². The summed E-state index contributed by atoms with van der Waals surface area (Å²) < 4.78 is 38.2. The summed E-state index contributed by atoms with van der Waals surface area (Å²) in [6.07, 6.45) is 9.02. The van der Waals surface area contributed by atoms with Crippen molar-refractivity contribution in [2.24, 2.45) is 17.8 Å². The number of hydrogen-bond acceptors (Lipinski definition) is 10. The Morgan fingerprint density at radius 1 is 1.06 bits per heavy atom. The predicted molar refractivity (Wildman–Crippen MR) is 200 cm³/mol. The standard InChI is InChI=1S/C39H48N4O7S2/c1-22(2)31-20-51-38(42-31)30-18-33(27-13-14-32(49-4)23(3)35(27)41-30)50-25-16-28-29(17-25)37(46)43-39(34(44)21-52(47,48)26-11-12-26)19-24(39)10-8-6-5-7-9-15-40-36(28)45/h8,10,13-14,18,20,22,24-26,28-29H,5-7,9,11-12,15-17,19,21H2,1-4H3,(H,40,45)(H,43,46)/t24-,25+,28-,29-,39-/m1/s1. The third-order valence-electron chi connectivity index (χ3n) is 11.1. The number of aryl methyl sites for hydroxylation is 1. The molecule has 4 aliphatic rings. The van der Waals surface area contributed by atoms with Crippen LogP contribution in [0.5, 0.6) is 11.5 Å². The first-order valence-electron chi connectivity index (χ1n) is 18.5. The second kappa shape index (κ2) is 14.5. The van der Waals surface area contributed by atoms with Gasteiger partial charge in [-0.2, -0.15) is 0 Å². The van der Waals surface area contributed by atoms with E-state index in [0.29, 0.717) is 54.9 Å². The van der Waals surface area contributed by atoms with Gasteiger partial charge in [0.25, 0.3) is 0 Å². The van der Waals surface area contributed by atoms with Crippen LogP contribution in [0, 0.1) is 24.7 Å². The molecule has 0 unspecified atom stereocenters. The molecule has 2 N–H and O–H groups in total. The molecule has 3 aliphatic carbocycles. The van der Waals surface area contributed by atoms with Crippen LogP contribution in [0.15, 0.2) is 35.7 Å². The summed E-state index contributed by atoms with van der Waals surface area (Å²) in [6.45, 7) is 6.65. The maximum atomic E-state index is 14.3. The SMILES string of the molecule is COc1ccc2c(O[C@H]3C[C@H]4C(=O)NCCCCCC=C[C@@H]5C[C@@]5(C(=O)CS(=O)(=O)C5CC5)NC(=O)[C@@H]4C3)cc(-c3nc(C(C)C)cs3)nc2c1C. The van der Waals surface area contributed by atoms with Gasteiger partial charge in [-0.05, 0) is 76.3 Å². The Labute approximate surface area is 309 Å². The molecule has 0 saturated heterocycles. The van der Waals surface area contributed by atoms with Gasteiger partial charge in [-0.1, -0.05) is 32.4 Å². The average molecular weight is 749 g/mol. The van der Waals surface area contributed by atoms with Crippen molar-refractivity contribution in [2.45, 2.75) is 101 Å². The van der Waals surface area contributed by atoms with E-state index in [1.54, 1.807) is 7.11 Å². The third kappa shape index (κ3) is 7.35. The van der Waals surface area contributed by atoms with E-state index >= 15 is 0 Å². The highest BCUT2D eigenvalue weighted by molar-refractivity contribution is 7.93. The Balaban J connectivity index is 1.20. The van der Waals surface area contributed by atoms with Gasteiger partial charge < -0.3 is 20.1 Å². The van der Waals surface area contributed by atoms with E-state index in [-0.39, 0.29) is 24.2 Å². The van der Waals surface area contributed by atoms with E-state index in [1.165, 1.54) is 11.3 Å². The Morgan fingerprint density at radius 2 is 1.83 bits per heavy atom. The van der Waals surface area contributed by atoms with E-state index in [0.717, 1.165) is 47.3 Å². The molecule has 3 fully saturated rings. The Bertz CT molecular complexity index is 2020. The molecular formula is C39H48N4O7S2. The average Bonchev–Trinajstić information content (AvgIpc) is 3.98. The summed E-state index contributed by atoms with van der Waals surface area (Å²) in [5, 5.41) is 9.18. The molecule has 13 heteroatoms. The number of thiazole rings is 1. The minimum absolute atomic E-state index is 0.215. The van der Waals surface area contributed by atoms with E-state index in [1.807, 2.05) is 42.7 Å². The minimum Gasteiger partial charge on any atom is -0.496 e. The molecule has 3 saturated carbocycles. The predicted octanol–water partition coefficient (Wildman–Crippen LogP) is 5.84. The van der Waals surface area contributed by atoms with Gasteiger partial charge >= 0.3 is 0 Å². The fourth-order valence-electron chi connectivity index (χ4n) is 7.71. The van der Waals surface area contributed by atoms with Gasteiger partial charge in [0, 0.05) is 34.9 Å². The number of aromatic nitrogens is 2. The fourth-order valence-corrected chi connectivity index (χ4v) is 10.4. The number of Topliss-reactive ketones (excluding diaryl/α,β-unsaturated/α-hetero) is 1. The van der Waals surface area contributed by atoms with Crippen molar-refractivity contribution in [3.8, 4) is 22.2 Å². The summed E-state index contributed by atoms with van der Waals surface area (Å²) in [7, 11) is -1.96. The number of rotatable bonds is 9. The van der Waals surface area contributed by atoms with Crippen molar-refractivity contribution in [3.05, 3.63) is 47.0 Å². The van der Waals surface area contributed by atoms with Crippen LogP contribution >= 0.6 is 11.3 Å². The summed E-state index contributed by atoms with van der Waals surface area (Å²) in [5.74, 6) is -1.90. The van der Waals surface area contributed by atoms with Crippen LogP contribution in [0.4, 0.5) is 0 Å². The zero-order valence-corrected chi connectivity index (χ0v) is 31.9. The highest BCUT2D eigenvalue weighted by Crippen LogP contribution is 2.48. The number of carbonyl (C=O) groups excluding carboxylic acids is 3. The first-order chi connectivity index (χ1) is 24.9. The van der Waals surface area contributed by atoms with Crippen LogP contribution in [-0.4, -0.2) is 72.3 Å². The second-order valence-electron chi connectivity index (χ2n) is 15.2. The lowest BCUT2D eigenvalue weighted by molar-refractivity contribution is -0.135.